The topological polar surface area (TPSA) is 69.9 Å². The maximum Gasteiger partial charge on any atom is 0.338 e. The molecular formula is C31H26BrIN2O4S2. The van der Waals surface area contributed by atoms with Crippen LogP contribution in [0.5, 0.6) is 5.75 Å². The van der Waals surface area contributed by atoms with Crippen LogP contribution in [0.3, 0.4) is 0 Å². The number of thiazole rings is 1. The van der Waals surface area contributed by atoms with Gasteiger partial charge in [0.05, 0.1) is 38.6 Å². The fourth-order valence-electron chi connectivity index (χ4n) is 4.67. The van der Waals surface area contributed by atoms with Crippen molar-refractivity contribution in [2.75, 3.05) is 19.5 Å². The molecule has 0 amide bonds. The average Bonchev–Trinajstić information content (AvgIpc) is 3.28. The van der Waals surface area contributed by atoms with Crippen LogP contribution in [0.25, 0.3) is 11.8 Å². The summed E-state index contributed by atoms with van der Waals surface area (Å²) < 4.78 is 15.4. The lowest BCUT2D eigenvalue weighted by Crippen LogP contribution is -2.40. The van der Waals surface area contributed by atoms with Crippen LogP contribution in [0.2, 0.25) is 0 Å². The Morgan fingerprint density at radius 3 is 2.51 bits per heavy atom. The van der Waals surface area contributed by atoms with E-state index in [-0.39, 0.29) is 12.2 Å². The zero-order valence-corrected chi connectivity index (χ0v) is 27.9. The SMILES string of the molecule is CCOC(=O)C1=C(c2ccccc2)N=c2s/c(=C\c3cc(Br)cc(I)c3OCC)c(=O)n2[C@H]1c1ccc(SC)cc1. The molecule has 10 heteroatoms. The van der Waals surface area contributed by atoms with E-state index in [0.29, 0.717) is 33.0 Å². The molecule has 1 aliphatic heterocycles. The first kappa shape index (κ1) is 29.8. The van der Waals surface area contributed by atoms with Gasteiger partial charge in [0.1, 0.15) is 5.75 Å². The number of rotatable bonds is 8. The van der Waals surface area contributed by atoms with Gasteiger partial charge in [-0.05, 0) is 78.6 Å². The van der Waals surface area contributed by atoms with Gasteiger partial charge in [0.15, 0.2) is 4.80 Å². The molecule has 5 rings (SSSR count). The van der Waals surface area contributed by atoms with Gasteiger partial charge < -0.3 is 9.47 Å². The van der Waals surface area contributed by atoms with E-state index in [4.69, 9.17) is 14.5 Å². The molecule has 0 N–H and O–H groups in total. The number of carbonyl (C=O) groups excluding carboxylic acids is 1. The highest BCUT2D eigenvalue weighted by atomic mass is 127. The Bertz CT molecular complexity index is 1820. The third-order valence-corrected chi connectivity index (χ3v) is 9.40. The van der Waals surface area contributed by atoms with E-state index in [1.54, 1.807) is 23.3 Å². The van der Waals surface area contributed by atoms with Crippen LogP contribution in [-0.4, -0.2) is 30.0 Å². The minimum Gasteiger partial charge on any atom is -0.492 e. The number of fused-ring (bicyclic) bond motifs is 1. The Morgan fingerprint density at radius 2 is 1.85 bits per heavy atom. The largest absolute Gasteiger partial charge is 0.492 e. The number of ether oxygens (including phenoxy) is 2. The minimum atomic E-state index is -0.715. The summed E-state index contributed by atoms with van der Waals surface area (Å²) in [5.41, 5.74) is 2.96. The van der Waals surface area contributed by atoms with Crippen LogP contribution in [0.4, 0.5) is 0 Å². The number of thioether (sulfide) groups is 1. The number of hydrogen-bond acceptors (Lipinski definition) is 7. The molecule has 0 saturated carbocycles. The fraction of sp³-hybridized carbons (Fsp3) is 0.194. The van der Waals surface area contributed by atoms with Crippen molar-refractivity contribution in [3.05, 3.63) is 117 Å². The number of nitrogens with zero attached hydrogens (tertiary/aromatic N) is 2. The van der Waals surface area contributed by atoms with Gasteiger partial charge in [-0.2, -0.15) is 0 Å². The number of benzene rings is 3. The first-order chi connectivity index (χ1) is 19.9. The summed E-state index contributed by atoms with van der Waals surface area (Å²) in [6.07, 6.45) is 3.85. The maximum atomic E-state index is 14.2. The van der Waals surface area contributed by atoms with Gasteiger partial charge in [-0.3, -0.25) is 9.36 Å². The standard InChI is InChI=1S/C31H26BrIN2O4S2/c1-4-38-28-20(15-21(32)17-23(28)33)16-24-29(36)35-27(19-11-13-22(40-3)14-12-19)25(30(37)39-5-2)26(34-31(35)41-24)18-9-7-6-8-10-18/h6-17,27H,4-5H2,1-3H3/b24-16-/t27-/m0/s1. The molecule has 0 radical (unpaired) electrons. The summed E-state index contributed by atoms with van der Waals surface area (Å²) in [6, 6.07) is 20.7. The summed E-state index contributed by atoms with van der Waals surface area (Å²) in [4.78, 5) is 34.3. The first-order valence-electron chi connectivity index (χ1n) is 12.9. The van der Waals surface area contributed by atoms with Crippen LogP contribution in [0.15, 0.2) is 91.5 Å². The third kappa shape index (κ3) is 6.11. The maximum absolute atomic E-state index is 14.2. The average molecular weight is 762 g/mol. The summed E-state index contributed by atoms with van der Waals surface area (Å²) in [5.74, 6) is 0.215. The molecule has 0 bridgehead atoms. The van der Waals surface area contributed by atoms with Crippen LogP contribution in [0, 0.1) is 3.57 Å². The van der Waals surface area contributed by atoms with Gasteiger partial charge in [-0.25, -0.2) is 9.79 Å². The highest BCUT2D eigenvalue weighted by Gasteiger charge is 2.35. The summed E-state index contributed by atoms with van der Waals surface area (Å²) in [5, 5.41) is 0. The molecule has 2 heterocycles. The van der Waals surface area contributed by atoms with Crippen molar-refractivity contribution in [1.82, 2.24) is 4.57 Å². The highest BCUT2D eigenvalue weighted by Crippen LogP contribution is 2.36. The Kier molecular flexibility index (Phi) is 9.52. The smallest absolute Gasteiger partial charge is 0.338 e. The lowest BCUT2D eigenvalue weighted by molar-refractivity contribution is -0.138. The van der Waals surface area contributed by atoms with Gasteiger partial charge in [0, 0.05) is 20.5 Å². The molecule has 0 unspecified atom stereocenters. The number of aromatic nitrogens is 1. The second-order valence-corrected chi connectivity index (χ2v) is 12.9. The van der Waals surface area contributed by atoms with Crippen molar-refractivity contribution in [2.24, 2.45) is 4.99 Å². The molecular weight excluding hydrogens is 735 g/mol. The van der Waals surface area contributed by atoms with E-state index >= 15 is 0 Å². The van der Waals surface area contributed by atoms with Gasteiger partial charge >= 0.3 is 5.97 Å². The molecule has 210 valence electrons. The first-order valence-corrected chi connectivity index (χ1v) is 16.8. The van der Waals surface area contributed by atoms with E-state index in [1.165, 1.54) is 11.3 Å². The summed E-state index contributed by atoms with van der Waals surface area (Å²) >= 11 is 8.73. The van der Waals surface area contributed by atoms with E-state index < -0.39 is 12.0 Å². The predicted molar refractivity (Wildman–Crippen MR) is 177 cm³/mol. The van der Waals surface area contributed by atoms with E-state index in [9.17, 15) is 9.59 Å². The van der Waals surface area contributed by atoms with Crippen LogP contribution in [0.1, 0.15) is 36.6 Å². The quantitative estimate of drug-likeness (QED) is 0.118. The zero-order valence-electron chi connectivity index (χ0n) is 22.5. The molecule has 0 spiro atoms. The minimum absolute atomic E-state index is 0.203. The molecule has 4 aromatic rings. The van der Waals surface area contributed by atoms with E-state index in [2.05, 4.69) is 38.5 Å². The van der Waals surface area contributed by atoms with Crippen molar-refractivity contribution in [2.45, 2.75) is 24.8 Å². The fourth-order valence-corrected chi connectivity index (χ4v) is 7.77. The summed E-state index contributed by atoms with van der Waals surface area (Å²) in [6.45, 7) is 4.40. The number of carbonyl (C=O) groups is 1. The zero-order chi connectivity index (χ0) is 29.1. The van der Waals surface area contributed by atoms with Crippen molar-refractivity contribution in [3.63, 3.8) is 0 Å². The van der Waals surface area contributed by atoms with Gasteiger partial charge in [0.2, 0.25) is 0 Å². The molecule has 41 heavy (non-hydrogen) atoms. The van der Waals surface area contributed by atoms with Crippen LogP contribution >= 0.6 is 61.6 Å². The Labute approximate surface area is 268 Å². The predicted octanol–water partition coefficient (Wildman–Crippen LogP) is 6.42. The molecule has 0 saturated heterocycles. The van der Waals surface area contributed by atoms with E-state index in [1.807, 2.05) is 86.0 Å². The number of halogens is 2. The van der Waals surface area contributed by atoms with Crippen LogP contribution in [-0.2, 0) is 9.53 Å². The van der Waals surface area contributed by atoms with E-state index in [0.717, 1.165) is 29.6 Å². The molecule has 0 aliphatic carbocycles. The molecule has 6 nitrogen and oxygen atoms in total. The van der Waals surface area contributed by atoms with Crippen molar-refractivity contribution in [1.29, 1.82) is 0 Å². The lowest BCUT2D eigenvalue weighted by Gasteiger charge is -2.26. The second kappa shape index (κ2) is 13.1. The number of hydrogen-bond donors (Lipinski definition) is 0. The monoisotopic (exact) mass is 760 g/mol. The Morgan fingerprint density at radius 1 is 1.12 bits per heavy atom. The Hall–Kier alpha value is -2.67. The second-order valence-electron chi connectivity index (χ2n) is 8.94. The molecule has 0 fully saturated rings. The third-order valence-electron chi connectivity index (χ3n) is 6.42. The molecule has 1 aromatic heterocycles. The van der Waals surface area contributed by atoms with Crippen molar-refractivity contribution < 1.29 is 14.3 Å². The molecule has 3 aromatic carbocycles. The normalized spacial score (nSPS) is 15.0. The van der Waals surface area contributed by atoms with Gasteiger partial charge in [-0.15, -0.1) is 11.8 Å². The molecule has 1 atom stereocenters. The highest BCUT2D eigenvalue weighted by molar-refractivity contribution is 14.1. The van der Waals surface area contributed by atoms with Gasteiger partial charge in [-0.1, -0.05) is 69.7 Å². The van der Waals surface area contributed by atoms with Crippen LogP contribution < -0.4 is 19.6 Å². The van der Waals surface area contributed by atoms with Gasteiger partial charge in [0.25, 0.3) is 5.56 Å². The van der Waals surface area contributed by atoms with Crippen molar-refractivity contribution in [3.8, 4) is 5.75 Å². The summed E-state index contributed by atoms with van der Waals surface area (Å²) in [7, 11) is 0. The Balaban J connectivity index is 1.83. The number of esters is 1. The van der Waals surface area contributed by atoms with Crippen molar-refractivity contribution >= 4 is 79.4 Å². The lowest BCUT2D eigenvalue weighted by atomic mass is 9.93. The molecule has 1 aliphatic rings.